The summed E-state index contributed by atoms with van der Waals surface area (Å²) < 4.78 is 2.32. The molecule has 0 atom stereocenters. The van der Waals surface area contributed by atoms with Gasteiger partial charge >= 0.3 is 0 Å². The third-order valence-electron chi connectivity index (χ3n) is 2.14. The molecule has 0 amide bonds. The Kier molecular flexibility index (Phi) is 3.14. The standard InChI is InChI=1S/C11H11BrN4O/c1-7-6-16(11(13)15-7)14-5-8-4-9(17)2-3-10(8)12/h2-6,17H,1H3,(H2,13,15). The fourth-order valence-electron chi connectivity index (χ4n) is 1.35. The smallest absolute Gasteiger partial charge is 0.221 e. The topological polar surface area (TPSA) is 76.4 Å². The predicted octanol–water partition coefficient (Wildman–Crippen LogP) is 2.12. The monoisotopic (exact) mass is 294 g/mol. The summed E-state index contributed by atoms with van der Waals surface area (Å²) in [5.41, 5.74) is 7.21. The molecule has 0 radical (unpaired) electrons. The summed E-state index contributed by atoms with van der Waals surface area (Å²) in [5, 5.41) is 13.5. The van der Waals surface area contributed by atoms with Crippen molar-refractivity contribution in [2.75, 3.05) is 5.73 Å². The lowest BCUT2D eigenvalue weighted by Gasteiger charge is -1.99. The molecule has 1 aromatic carbocycles. The van der Waals surface area contributed by atoms with Crippen LogP contribution in [0.3, 0.4) is 0 Å². The highest BCUT2D eigenvalue weighted by atomic mass is 79.9. The van der Waals surface area contributed by atoms with Gasteiger partial charge in [0.1, 0.15) is 5.75 Å². The quantitative estimate of drug-likeness (QED) is 0.833. The van der Waals surface area contributed by atoms with Gasteiger partial charge in [-0.15, -0.1) is 0 Å². The van der Waals surface area contributed by atoms with E-state index < -0.39 is 0 Å². The van der Waals surface area contributed by atoms with Crippen molar-refractivity contribution >= 4 is 28.1 Å². The second kappa shape index (κ2) is 4.58. The van der Waals surface area contributed by atoms with E-state index in [0.29, 0.717) is 5.95 Å². The normalized spacial score (nSPS) is 11.2. The number of nitrogen functional groups attached to an aromatic ring is 1. The van der Waals surface area contributed by atoms with E-state index in [-0.39, 0.29) is 5.75 Å². The van der Waals surface area contributed by atoms with Crippen LogP contribution in [0, 0.1) is 6.92 Å². The van der Waals surface area contributed by atoms with Gasteiger partial charge in [0.05, 0.1) is 18.1 Å². The molecule has 0 aliphatic carbocycles. The van der Waals surface area contributed by atoms with Gasteiger partial charge < -0.3 is 10.8 Å². The molecule has 0 saturated heterocycles. The molecule has 2 aromatic rings. The van der Waals surface area contributed by atoms with Gasteiger partial charge in [0, 0.05) is 10.0 Å². The maximum atomic E-state index is 9.37. The van der Waals surface area contributed by atoms with Crippen molar-refractivity contribution in [3.8, 4) is 5.75 Å². The second-order valence-corrected chi connectivity index (χ2v) is 4.39. The number of rotatable bonds is 2. The van der Waals surface area contributed by atoms with E-state index >= 15 is 0 Å². The number of halogens is 1. The van der Waals surface area contributed by atoms with Gasteiger partial charge in [-0.05, 0) is 25.1 Å². The molecule has 6 heteroatoms. The zero-order chi connectivity index (χ0) is 12.4. The molecule has 2 rings (SSSR count). The van der Waals surface area contributed by atoms with Gasteiger partial charge in [-0.1, -0.05) is 15.9 Å². The van der Waals surface area contributed by atoms with Crippen LogP contribution in [0.2, 0.25) is 0 Å². The minimum Gasteiger partial charge on any atom is -0.508 e. The number of hydrogen-bond acceptors (Lipinski definition) is 4. The summed E-state index contributed by atoms with van der Waals surface area (Å²) in [4.78, 5) is 4.03. The highest BCUT2D eigenvalue weighted by molar-refractivity contribution is 9.10. The van der Waals surface area contributed by atoms with Crippen LogP contribution in [0.15, 0.2) is 34.0 Å². The van der Waals surface area contributed by atoms with Crippen molar-refractivity contribution in [3.63, 3.8) is 0 Å². The van der Waals surface area contributed by atoms with Crippen molar-refractivity contribution in [3.05, 3.63) is 40.1 Å². The summed E-state index contributed by atoms with van der Waals surface area (Å²) >= 11 is 3.37. The van der Waals surface area contributed by atoms with Crippen LogP contribution in [0.25, 0.3) is 0 Å². The number of aryl methyl sites for hydroxylation is 1. The molecule has 0 bridgehead atoms. The van der Waals surface area contributed by atoms with E-state index in [0.717, 1.165) is 15.7 Å². The number of benzene rings is 1. The number of nitrogens with two attached hydrogens (primary N) is 1. The predicted molar refractivity (Wildman–Crippen MR) is 70.2 cm³/mol. The Hall–Kier alpha value is -1.82. The number of hydrogen-bond donors (Lipinski definition) is 2. The molecule has 0 fully saturated rings. The maximum absolute atomic E-state index is 9.37. The largest absolute Gasteiger partial charge is 0.508 e. The highest BCUT2D eigenvalue weighted by Crippen LogP contribution is 2.20. The first-order chi connectivity index (χ1) is 8.06. The van der Waals surface area contributed by atoms with Crippen molar-refractivity contribution in [2.45, 2.75) is 6.92 Å². The molecular formula is C11H11BrN4O. The van der Waals surface area contributed by atoms with E-state index in [9.17, 15) is 5.11 Å². The van der Waals surface area contributed by atoms with E-state index in [2.05, 4.69) is 26.0 Å². The Bertz CT molecular complexity index is 577. The number of imidazole rings is 1. The first-order valence-electron chi connectivity index (χ1n) is 4.90. The molecule has 0 aliphatic heterocycles. The van der Waals surface area contributed by atoms with Gasteiger partial charge in [-0.3, -0.25) is 0 Å². The van der Waals surface area contributed by atoms with Crippen LogP contribution >= 0.6 is 15.9 Å². The van der Waals surface area contributed by atoms with Gasteiger partial charge in [0.2, 0.25) is 5.95 Å². The number of phenols is 1. The molecular weight excluding hydrogens is 284 g/mol. The van der Waals surface area contributed by atoms with Crippen molar-refractivity contribution in [1.29, 1.82) is 0 Å². The minimum absolute atomic E-state index is 0.185. The summed E-state index contributed by atoms with van der Waals surface area (Å²) in [6.07, 6.45) is 3.32. The molecule has 3 N–H and O–H groups in total. The van der Waals surface area contributed by atoms with Gasteiger partial charge in [-0.2, -0.15) is 5.10 Å². The third-order valence-corrected chi connectivity index (χ3v) is 2.86. The molecule has 1 aromatic heterocycles. The van der Waals surface area contributed by atoms with Crippen LogP contribution < -0.4 is 5.73 Å². The van der Waals surface area contributed by atoms with E-state index in [4.69, 9.17) is 5.73 Å². The summed E-state index contributed by atoms with van der Waals surface area (Å²) in [6.45, 7) is 1.84. The molecule has 17 heavy (non-hydrogen) atoms. The fraction of sp³-hybridized carbons (Fsp3) is 0.0909. The van der Waals surface area contributed by atoms with Crippen molar-refractivity contribution in [2.24, 2.45) is 5.10 Å². The van der Waals surface area contributed by atoms with Crippen molar-refractivity contribution in [1.82, 2.24) is 9.66 Å². The third kappa shape index (κ3) is 2.65. The first-order valence-corrected chi connectivity index (χ1v) is 5.70. The fourth-order valence-corrected chi connectivity index (χ4v) is 1.70. The zero-order valence-electron chi connectivity index (χ0n) is 9.13. The average molecular weight is 295 g/mol. The molecule has 1 heterocycles. The van der Waals surface area contributed by atoms with Crippen molar-refractivity contribution < 1.29 is 5.11 Å². The average Bonchev–Trinajstić information content (AvgIpc) is 2.59. The lowest BCUT2D eigenvalue weighted by atomic mass is 10.2. The Morgan fingerprint density at radius 2 is 2.29 bits per heavy atom. The maximum Gasteiger partial charge on any atom is 0.221 e. The number of nitrogens with zero attached hydrogens (tertiary/aromatic N) is 3. The molecule has 0 spiro atoms. The summed E-state index contributed by atoms with van der Waals surface area (Å²) in [5.74, 6) is 0.513. The highest BCUT2D eigenvalue weighted by Gasteiger charge is 2.01. The SMILES string of the molecule is Cc1cn(N=Cc2cc(O)ccc2Br)c(N)n1. The van der Waals surface area contributed by atoms with E-state index in [1.54, 1.807) is 30.6 Å². The van der Waals surface area contributed by atoms with E-state index in [1.165, 1.54) is 4.68 Å². The number of aromatic hydroxyl groups is 1. The Morgan fingerprint density at radius 1 is 1.53 bits per heavy atom. The van der Waals surface area contributed by atoms with Crippen LogP contribution in [0.1, 0.15) is 11.3 Å². The van der Waals surface area contributed by atoms with Gasteiger partial charge in [0.25, 0.3) is 0 Å². The Balaban J connectivity index is 2.31. The van der Waals surface area contributed by atoms with Gasteiger partial charge in [0.15, 0.2) is 0 Å². The summed E-state index contributed by atoms with van der Waals surface area (Å²) in [7, 11) is 0. The summed E-state index contributed by atoms with van der Waals surface area (Å²) in [6, 6.07) is 4.95. The number of anilines is 1. The molecule has 5 nitrogen and oxygen atoms in total. The second-order valence-electron chi connectivity index (χ2n) is 3.54. The first kappa shape index (κ1) is 11.7. The lowest BCUT2D eigenvalue weighted by Crippen LogP contribution is -1.97. The van der Waals surface area contributed by atoms with Crippen LogP contribution in [-0.2, 0) is 0 Å². The number of phenolic OH excluding ortho intramolecular Hbond substituents is 1. The van der Waals surface area contributed by atoms with Crippen LogP contribution in [-0.4, -0.2) is 21.0 Å². The minimum atomic E-state index is 0.185. The molecule has 88 valence electrons. The molecule has 0 aliphatic rings. The lowest BCUT2D eigenvalue weighted by molar-refractivity contribution is 0.475. The molecule has 0 unspecified atom stereocenters. The zero-order valence-corrected chi connectivity index (χ0v) is 10.7. The number of aromatic nitrogens is 2. The Labute approximate surface area is 107 Å². The van der Waals surface area contributed by atoms with Crippen LogP contribution in [0.5, 0.6) is 5.75 Å². The molecule has 0 saturated carbocycles. The van der Waals surface area contributed by atoms with E-state index in [1.807, 2.05) is 6.92 Å². The Morgan fingerprint density at radius 3 is 2.94 bits per heavy atom. The van der Waals surface area contributed by atoms with Crippen LogP contribution in [0.4, 0.5) is 5.95 Å². The van der Waals surface area contributed by atoms with Gasteiger partial charge in [-0.25, -0.2) is 9.66 Å².